The molecule has 0 aliphatic carbocycles. The van der Waals surface area contributed by atoms with Crippen LogP contribution in [-0.2, 0) is 11.4 Å². The van der Waals surface area contributed by atoms with Crippen LogP contribution >= 0.6 is 0 Å². The second-order valence-corrected chi connectivity index (χ2v) is 7.32. The third-order valence-corrected chi connectivity index (χ3v) is 5.12. The summed E-state index contributed by atoms with van der Waals surface area (Å²) in [6.45, 7) is 3.90. The lowest BCUT2D eigenvalue weighted by atomic mass is 10.2. The molecular formula is C25H23N3O3. The summed E-state index contributed by atoms with van der Waals surface area (Å²) in [5.74, 6) is 0.914. The molecule has 156 valence electrons. The van der Waals surface area contributed by atoms with Crippen molar-refractivity contribution in [2.24, 2.45) is 0 Å². The average molecular weight is 413 g/mol. The number of anilines is 1. The third-order valence-electron chi connectivity index (χ3n) is 5.12. The van der Waals surface area contributed by atoms with Crippen LogP contribution in [0.4, 0.5) is 5.69 Å². The standard InChI is InChI=1S/C25H23N3O3/c1-17(28-18(2)26-23-11-7-6-10-22(23)25(28)30)24(29)27-20-12-14-21(15-13-20)31-16-19-8-4-3-5-9-19/h3-15,17H,16H2,1-2H3,(H,27,29). The Morgan fingerprint density at radius 1 is 1.00 bits per heavy atom. The van der Waals surface area contributed by atoms with Gasteiger partial charge in [-0.15, -0.1) is 0 Å². The van der Waals surface area contributed by atoms with Gasteiger partial charge in [-0.1, -0.05) is 42.5 Å². The number of aromatic nitrogens is 2. The number of nitrogens with zero attached hydrogens (tertiary/aromatic N) is 2. The van der Waals surface area contributed by atoms with Gasteiger partial charge < -0.3 is 10.1 Å². The normalized spacial score (nSPS) is 11.8. The van der Waals surface area contributed by atoms with Gasteiger partial charge in [-0.3, -0.25) is 14.2 Å². The maximum absolute atomic E-state index is 12.9. The van der Waals surface area contributed by atoms with Gasteiger partial charge >= 0.3 is 0 Å². The molecule has 0 saturated heterocycles. The second-order valence-electron chi connectivity index (χ2n) is 7.32. The van der Waals surface area contributed by atoms with Gasteiger partial charge in [-0.25, -0.2) is 4.98 Å². The predicted octanol–water partition coefficient (Wildman–Crippen LogP) is 4.48. The molecule has 0 saturated carbocycles. The van der Waals surface area contributed by atoms with Crippen LogP contribution < -0.4 is 15.6 Å². The molecule has 0 spiro atoms. The fourth-order valence-corrected chi connectivity index (χ4v) is 3.45. The number of aryl methyl sites for hydroxylation is 1. The molecule has 0 aliphatic heterocycles. The molecule has 1 N–H and O–H groups in total. The Morgan fingerprint density at radius 2 is 1.68 bits per heavy atom. The van der Waals surface area contributed by atoms with Crippen LogP contribution in [0.1, 0.15) is 24.4 Å². The van der Waals surface area contributed by atoms with E-state index in [1.165, 1.54) is 4.57 Å². The minimum absolute atomic E-state index is 0.226. The van der Waals surface area contributed by atoms with E-state index >= 15 is 0 Å². The van der Waals surface area contributed by atoms with Gasteiger partial charge in [-0.05, 0) is 55.8 Å². The number of para-hydroxylation sites is 1. The first-order chi connectivity index (χ1) is 15.0. The lowest BCUT2D eigenvalue weighted by Gasteiger charge is -2.18. The number of fused-ring (bicyclic) bond motifs is 1. The Bertz CT molecular complexity index is 1260. The average Bonchev–Trinajstić information content (AvgIpc) is 2.79. The van der Waals surface area contributed by atoms with Crippen molar-refractivity contribution in [2.75, 3.05) is 5.32 Å². The van der Waals surface area contributed by atoms with E-state index in [1.54, 1.807) is 56.3 Å². The number of hydrogen-bond acceptors (Lipinski definition) is 4. The summed E-state index contributed by atoms with van der Waals surface area (Å²) in [6.07, 6.45) is 0. The fourth-order valence-electron chi connectivity index (χ4n) is 3.45. The Hall–Kier alpha value is -3.93. The van der Waals surface area contributed by atoms with Crippen molar-refractivity contribution >= 4 is 22.5 Å². The number of amides is 1. The van der Waals surface area contributed by atoms with E-state index in [0.717, 1.165) is 5.56 Å². The quantitative estimate of drug-likeness (QED) is 0.506. The molecule has 1 heterocycles. The van der Waals surface area contributed by atoms with Crippen LogP contribution in [0.5, 0.6) is 5.75 Å². The smallest absolute Gasteiger partial charge is 0.262 e. The van der Waals surface area contributed by atoms with E-state index < -0.39 is 6.04 Å². The molecule has 1 amide bonds. The molecule has 6 heteroatoms. The topological polar surface area (TPSA) is 73.2 Å². The molecule has 0 radical (unpaired) electrons. The maximum Gasteiger partial charge on any atom is 0.262 e. The summed E-state index contributed by atoms with van der Waals surface area (Å²) in [6, 6.07) is 23.5. The molecule has 4 rings (SSSR count). The largest absolute Gasteiger partial charge is 0.489 e. The van der Waals surface area contributed by atoms with Crippen LogP contribution in [0.2, 0.25) is 0 Å². The van der Waals surface area contributed by atoms with Crippen LogP contribution in [0, 0.1) is 6.92 Å². The second kappa shape index (κ2) is 8.83. The van der Waals surface area contributed by atoms with E-state index in [2.05, 4.69) is 10.3 Å². The Balaban J connectivity index is 1.46. The van der Waals surface area contributed by atoms with Crippen molar-refractivity contribution in [1.29, 1.82) is 0 Å². The van der Waals surface area contributed by atoms with Gasteiger partial charge in [0.25, 0.3) is 5.56 Å². The first kappa shape index (κ1) is 20.3. The first-order valence-corrected chi connectivity index (χ1v) is 10.1. The Kier molecular flexibility index (Phi) is 5.80. The molecule has 1 aromatic heterocycles. The monoisotopic (exact) mass is 413 g/mol. The van der Waals surface area contributed by atoms with E-state index in [1.807, 2.05) is 36.4 Å². The first-order valence-electron chi connectivity index (χ1n) is 10.1. The van der Waals surface area contributed by atoms with E-state index in [-0.39, 0.29) is 11.5 Å². The summed E-state index contributed by atoms with van der Waals surface area (Å²) in [4.78, 5) is 30.2. The van der Waals surface area contributed by atoms with Gasteiger partial charge in [0.1, 0.15) is 24.2 Å². The van der Waals surface area contributed by atoms with Crippen LogP contribution in [0.3, 0.4) is 0 Å². The predicted molar refractivity (Wildman–Crippen MR) is 121 cm³/mol. The molecule has 31 heavy (non-hydrogen) atoms. The van der Waals surface area contributed by atoms with Crippen molar-refractivity contribution < 1.29 is 9.53 Å². The van der Waals surface area contributed by atoms with Gasteiger partial charge in [-0.2, -0.15) is 0 Å². The third kappa shape index (κ3) is 4.48. The molecule has 1 atom stereocenters. The van der Waals surface area contributed by atoms with E-state index in [4.69, 9.17) is 4.74 Å². The SMILES string of the molecule is Cc1nc2ccccc2c(=O)n1C(C)C(=O)Nc1ccc(OCc2ccccc2)cc1. The number of ether oxygens (including phenoxy) is 1. The van der Waals surface area contributed by atoms with E-state index in [0.29, 0.717) is 34.8 Å². The van der Waals surface area contributed by atoms with Crippen molar-refractivity contribution in [3.63, 3.8) is 0 Å². The molecule has 6 nitrogen and oxygen atoms in total. The minimum atomic E-state index is -0.710. The zero-order chi connectivity index (χ0) is 21.8. The molecule has 0 fully saturated rings. The lowest BCUT2D eigenvalue weighted by molar-refractivity contribution is -0.118. The van der Waals surface area contributed by atoms with Crippen molar-refractivity contribution in [3.05, 3.63) is 101 Å². The number of carbonyl (C=O) groups is 1. The summed E-state index contributed by atoms with van der Waals surface area (Å²) >= 11 is 0. The van der Waals surface area contributed by atoms with Crippen molar-refractivity contribution in [3.8, 4) is 5.75 Å². The summed E-state index contributed by atoms with van der Waals surface area (Å²) in [5.41, 5.74) is 2.11. The Labute approximate surface area is 180 Å². The van der Waals surface area contributed by atoms with Gasteiger partial charge in [0.05, 0.1) is 10.9 Å². The van der Waals surface area contributed by atoms with Crippen LogP contribution in [0.25, 0.3) is 10.9 Å². The summed E-state index contributed by atoms with van der Waals surface area (Å²) < 4.78 is 7.20. The molecule has 0 aliphatic rings. The summed E-state index contributed by atoms with van der Waals surface area (Å²) in [7, 11) is 0. The molecular weight excluding hydrogens is 390 g/mol. The highest BCUT2D eigenvalue weighted by Gasteiger charge is 2.20. The molecule has 4 aromatic rings. The summed E-state index contributed by atoms with van der Waals surface area (Å²) in [5, 5.41) is 3.35. The van der Waals surface area contributed by atoms with Crippen molar-refractivity contribution in [1.82, 2.24) is 9.55 Å². The van der Waals surface area contributed by atoms with Gasteiger partial charge in [0, 0.05) is 5.69 Å². The number of benzene rings is 3. The maximum atomic E-state index is 12.9. The zero-order valence-electron chi connectivity index (χ0n) is 17.4. The van der Waals surface area contributed by atoms with Gasteiger partial charge in [0.2, 0.25) is 5.91 Å². The number of rotatable bonds is 6. The fraction of sp³-hybridized carbons (Fsp3) is 0.160. The molecule has 3 aromatic carbocycles. The van der Waals surface area contributed by atoms with Crippen LogP contribution in [0.15, 0.2) is 83.7 Å². The lowest BCUT2D eigenvalue weighted by Crippen LogP contribution is -2.33. The highest BCUT2D eigenvalue weighted by Crippen LogP contribution is 2.19. The number of nitrogens with one attached hydrogen (secondary N) is 1. The highest BCUT2D eigenvalue weighted by atomic mass is 16.5. The van der Waals surface area contributed by atoms with Crippen LogP contribution in [-0.4, -0.2) is 15.5 Å². The number of hydrogen-bond donors (Lipinski definition) is 1. The van der Waals surface area contributed by atoms with Crippen molar-refractivity contribution in [2.45, 2.75) is 26.5 Å². The van der Waals surface area contributed by atoms with E-state index in [9.17, 15) is 9.59 Å². The zero-order valence-corrected chi connectivity index (χ0v) is 17.4. The minimum Gasteiger partial charge on any atom is -0.489 e. The Morgan fingerprint density at radius 3 is 2.42 bits per heavy atom. The molecule has 0 bridgehead atoms. The van der Waals surface area contributed by atoms with Gasteiger partial charge in [0.15, 0.2) is 0 Å². The molecule has 1 unspecified atom stereocenters. The highest BCUT2D eigenvalue weighted by molar-refractivity contribution is 5.93. The number of carbonyl (C=O) groups excluding carboxylic acids is 1.